The fraction of sp³-hybridized carbons (Fsp3) is 0.412. The standard InChI is InChI=1S/C17H17Cl2N3O.C17H17F2N3O/c2*18-14-3-1-2-13(16(14)19)12-8-20-17(21-9-12)23-15-10-22-6-4-11(15)5-7-22/h2*1-3,8-9,11,15H,4-7,10H2/t;15-/m.0/s1. The van der Waals surface area contributed by atoms with Gasteiger partial charge < -0.3 is 9.47 Å². The molecule has 6 aliphatic rings. The monoisotopic (exact) mass is 666 g/mol. The number of aromatic nitrogens is 4. The molecule has 8 nitrogen and oxygen atoms in total. The molecule has 2 aromatic heterocycles. The van der Waals surface area contributed by atoms with Crippen LogP contribution in [0.1, 0.15) is 25.7 Å². The molecule has 4 aromatic rings. The molecule has 0 amide bonds. The number of ether oxygens (including phenoxy) is 2. The Hall–Kier alpha value is -3.44. The van der Waals surface area contributed by atoms with Gasteiger partial charge in [0.2, 0.25) is 0 Å². The van der Waals surface area contributed by atoms with Crippen molar-refractivity contribution >= 4 is 23.2 Å². The fourth-order valence-electron chi connectivity index (χ4n) is 6.85. The summed E-state index contributed by atoms with van der Waals surface area (Å²) in [6, 6.07) is 10.3. The summed E-state index contributed by atoms with van der Waals surface area (Å²) in [5.74, 6) is -0.577. The molecular weight excluding hydrogens is 633 g/mol. The first-order chi connectivity index (χ1) is 22.4. The molecule has 10 rings (SSSR count). The van der Waals surface area contributed by atoms with E-state index < -0.39 is 11.6 Å². The maximum absolute atomic E-state index is 13.8. The summed E-state index contributed by atoms with van der Waals surface area (Å²) in [5.41, 5.74) is 2.25. The van der Waals surface area contributed by atoms with E-state index in [0.29, 0.717) is 39.5 Å². The lowest BCUT2D eigenvalue weighted by molar-refractivity contribution is -0.0124. The van der Waals surface area contributed by atoms with Crippen LogP contribution in [0.15, 0.2) is 61.2 Å². The molecule has 0 N–H and O–H groups in total. The van der Waals surface area contributed by atoms with Gasteiger partial charge in [-0.3, -0.25) is 9.80 Å². The highest BCUT2D eigenvalue weighted by atomic mass is 35.5. The molecule has 6 fully saturated rings. The average molecular weight is 668 g/mol. The first-order valence-corrected chi connectivity index (χ1v) is 16.5. The molecule has 6 saturated heterocycles. The van der Waals surface area contributed by atoms with Crippen LogP contribution in [0.4, 0.5) is 8.78 Å². The van der Waals surface area contributed by atoms with Crippen LogP contribution in [0.3, 0.4) is 0 Å². The van der Waals surface area contributed by atoms with E-state index in [-0.39, 0.29) is 17.8 Å². The van der Waals surface area contributed by atoms with Crippen LogP contribution >= 0.6 is 23.2 Å². The zero-order valence-electron chi connectivity index (χ0n) is 25.2. The van der Waals surface area contributed by atoms with Gasteiger partial charge in [0, 0.05) is 60.1 Å². The average Bonchev–Trinajstić information content (AvgIpc) is 3.10. The third-order valence-electron chi connectivity index (χ3n) is 9.49. The fourth-order valence-corrected chi connectivity index (χ4v) is 7.25. The van der Waals surface area contributed by atoms with Gasteiger partial charge in [-0.25, -0.2) is 28.7 Å². The van der Waals surface area contributed by atoms with E-state index in [2.05, 4.69) is 29.7 Å². The van der Waals surface area contributed by atoms with Gasteiger partial charge in [-0.05, 0) is 75.8 Å². The number of hydrogen-bond donors (Lipinski definition) is 0. The molecule has 8 heterocycles. The molecule has 240 valence electrons. The lowest BCUT2D eigenvalue weighted by Gasteiger charge is -2.43. The lowest BCUT2D eigenvalue weighted by Crippen LogP contribution is -2.52. The Morgan fingerprint density at radius 3 is 1.57 bits per heavy atom. The molecule has 12 heteroatoms. The minimum atomic E-state index is -0.887. The summed E-state index contributed by atoms with van der Waals surface area (Å²) in [7, 11) is 0. The number of hydrogen-bond acceptors (Lipinski definition) is 8. The van der Waals surface area contributed by atoms with Crippen molar-refractivity contribution in [2.24, 2.45) is 11.8 Å². The van der Waals surface area contributed by atoms with Crippen molar-refractivity contribution in [2.75, 3.05) is 39.3 Å². The Morgan fingerprint density at radius 1 is 0.630 bits per heavy atom. The Balaban J connectivity index is 0.000000147. The number of rotatable bonds is 6. The van der Waals surface area contributed by atoms with Crippen molar-refractivity contribution in [1.29, 1.82) is 0 Å². The summed E-state index contributed by atoms with van der Waals surface area (Å²) in [6.07, 6.45) is 11.5. The van der Waals surface area contributed by atoms with E-state index in [1.165, 1.54) is 50.5 Å². The highest BCUT2D eigenvalue weighted by molar-refractivity contribution is 6.43. The minimum absolute atomic E-state index is 0.120. The van der Waals surface area contributed by atoms with Gasteiger partial charge in [0.25, 0.3) is 0 Å². The van der Waals surface area contributed by atoms with Crippen LogP contribution in [0.2, 0.25) is 10.0 Å². The van der Waals surface area contributed by atoms with Crippen LogP contribution in [-0.4, -0.2) is 81.2 Å². The molecule has 46 heavy (non-hydrogen) atoms. The molecule has 2 aromatic carbocycles. The van der Waals surface area contributed by atoms with Crippen molar-refractivity contribution in [3.63, 3.8) is 0 Å². The molecule has 1 unspecified atom stereocenters. The van der Waals surface area contributed by atoms with Crippen LogP contribution in [0.25, 0.3) is 22.3 Å². The second-order valence-electron chi connectivity index (χ2n) is 12.3. The molecular formula is C34H34Cl2F2N6O2. The van der Waals surface area contributed by atoms with E-state index in [1.807, 2.05) is 12.1 Å². The van der Waals surface area contributed by atoms with Crippen molar-refractivity contribution in [2.45, 2.75) is 37.9 Å². The first-order valence-electron chi connectivity index (χ1n) is 15.7. The van der Waals surface area contributed by atoms with E-state index >= 15 is 0 Å². The third-order valence-corrected chi connectivity index (χ3v) is 10.3. The second-order valence-corrected chi connectivity index (χ2v) is 13.1. The predicted molar refractivity (Wildman–Crippen MR) is 172 cm³/mol. The second kappa shape index (κ2) is 13.7. The van der Waals surface area contributed by atoms with Gasteiger partial charge in [-0.2, -0.15) is 0 Å². The summed E-state index contributed by atoms with van der Waals surface area (Å²) in [5, 5.41) is 1.04. The topological polar surface area (TPSA) is 76.5 Å². The number of benzene rings is 2. The lowest BCUT2D eigenvalue weighted by atomic mass is 9.86. The van der Waals surface area contributed by atoms with Gasteiger partial charge >= 0.3 is 12.0 Å². The molecule has 0 radical (unpaired) electrons. The van der Waals surface area contributed by atoms with E-state index in [4.69, 9.17) is 32.7 Å². The van der Waals surface area contributed by atoms with E-state index in [9.17, 15) is 8.78 Å². The normalized spacial score (nSPS) is 26.3. The van der Waals surface area contributed by atoms with Gasteiger partial charge in [0.05, 0.1) is 10.0 Å². The van der Waals surface area contributed by atoms with Crippen LogP contribution < -0.4 is 9.47 Å². The van der Waals surface area contributed by atoms with Gasteiger partial charge in [0.1, 0.15) is 12.2 Å². The Bertz CT molecular complexity index is 1530. The van der Waals surface area contributed by atoms with Crippen LogP contribution in [-0.2, 0) is 0 Å². The van der Waals surface area contributed by atoms with Crippen molar-refractivity contribution in [3.05, 3.63) is 82.9 Å². The van der Waals surface area contributed by atoms with Crippen LogP contribution in [0, 0.1) is 23.5 Å². The van der Waals surface area contributed by atoms with Crippen molar-refractivity contribution in [1.82, 2.24) is 29.7 Å². The summed E-state index contributed by atoms with van der Waals surface area (Å²) in [4.78, 5) is 21.9. The Morgan fingerprint density at radius 2 is 1.09 bits per heavy atom. The quantitative estimate of drug-likeness (QED) is 0.222. The number of piperidine rings is 6. The maximum Gasteiger partial charge on any atom is 0.316 e. The molecule has 2 atom stereocenters. The first kappa shape index (κ1) is 31.2. The largest absolute Gasteiger partial charge is 0.458 e. The number of halogens is 4. The van der Waals surface area contributed by atoms with Gasteiger partial charge in [-0.15, -0.1) is 0 Å². The summed E-state index contributed by atoms with van der Waals surface area (Å²) >= 11 is 12.3. The highest BCUT2D eigenvalue weighted by Gasteiger charge is 2.37. The Kier molecular flexibility index (Phi) is 9.31. The smallest absolute Gasteiger partial charge is 0.316 e. The SMILES string of the molecule is Clc1cccc(-c2cnc(OC3CN4CCC3CC4)nc2)c1Cl.Fc1cccc(-c2cnc(O[C@H]3CN4CCC3CC4)nc2)c1F. The number of nitrogens with zero attached hydrogens (tertiary/aromatic N) is 6. The Labute approximate surface area is 276 Å². The van der Waals surface area contributed by atoms with E-state index in [1.54, 1.807) is 18.5 Å². The molecule has 0 saturated carbocycles. The zero-order chi connectivity index (χ0) is 31.6. The highest BCUT2D eigenvalue weighted by Crippen LogP contribution is 2.34. The van der Waals surface area contributed by atoms with E-state index in [0.717, 1.165) is 56.2 Å². The van der Waals surface area contributed by atoms with Crippen molar-refractivity contribution in [3.8, 4) is 34.3 Å². The molecule has 0 spiro atoms. The van der Waals surface area contributed by atoms with Crippen molar-refractivity contribution < 1.29 is 18.3 Å². The predicted octanol–water partition coefficient (Wildman–Crippen LogP) is 6.82. The molecule has 4 bridgehead atoms. The summed E-state index contributed by atoms with van der Waals surface area (Å²) < 4.78 is 39.0. The van der Waals surface area contributed by atoms with Gasteiger partial charge in [-0.1, -0.05) is 47.5 Å². The third kappa shape index (κ3) is 6.81. The molecule has 0 aliphatic carbocycles. The number of fused-ring (bicyclic) bond motifs is 6. The maximum atomic E-state index is 13.8. The minimum Gasteiger partial charge on any atom is -0.458 e. The summed E-state index contributed by atoms with van der Waals surface area (Å²) in [6.45, 7) is 6.56. The van der Waals surface area contributed by atoms with Crippen LogP contribution in [0.5, 0.6) is 12.0 Å². The zero-order valence-corrected chi connectivity index (χ0v) is 26.7. The van der Waals surface area contributed by atoms with Gasteiger partial charge in [0.15, 0.2) is 11.6 Å². The molecule has 6 aliphatic heterocycles.